The minimum atomic E-state index is 0.392. The van der Waals surface area contributed by atoms with Crippen LogP contribution in [-0.4, -0.2) is 25.8 Å². The van der Waals surface area contributed by atoms with Crippen LogP contribution in [0, 0.1) is 17.8 Å². The molecule has 1 saturated carbocycles. The van der Waals surface area contributed by atoms with Crippen LogP contribution in [0.15, 0.2) is 0 Å². The predicted octanol–water partition coefficient (Wildman–Crippen LogP) is 2.19. The fourth-order valence-corrected chi connectivity index (χ4v) is 2.11. The molecule has 1 aliphatic carbocycles. The fourth-order valence-electron chi connectivity index (χ4n) is 2.11. The second-order valence-corrected chi connectivity index (χ2v) is 4.17. The molecule has 1 N–H and O–H groups in total. The van der Waals surface area contributed by atoms with Gasteiger partial charge in [-0.25, -0.2) is 0 Å². The summed E-state index contributed by atoms with van der Waals surface area (Å²) in [6.45, 7) is 5.06. The molecule has 0 amide bonds. The van der Waals surface area contributed by atoms with Gasteiger partial charge in [0, 0.05) is 19.6 Å². The Hall–Kier alpha value is -0.520. The molecule has 2 atom stereocenters. The summed E-state index contributed by atoms with van der Waals surface area (Å²) in [7, 11) is 1.83. The summed E-state index contributed by atoms with van der Waals surface area (Å²) >= 11 is 0. The first kappa shape index (κ1) is 12.5. The van der Waals surface area contributed by atoms with Gasteiger partial charge in [0.25, 0.3) is 0 Å². The summed E-state index contributed by atoms with van der Waals surface area (Å²) in [5.41, 5.74) is 0. The van der Waals surface area contributed by atoms with Crippen molar-refractivity contribution in [2.45, 2.75) is 51.7 Å². The lowest BCUT2D eigenvalue weighted by Gasteiger charge is -2.26. The van der Waals surface area contributed by atoms with E-state index in [2.05, 4.69) is 24.1 Å². The molecule has 2 heteroatoms. The van der Waals surface area contributed by atoms with Crippen LogP contribution in [0.4, 0.5) is 0 Å². The second kappa shape index (κ2) is 6.87. The Kier molecular flexibility index (Phi) is 5.75. The average molecular weight is 209 g/mol. The van der Waals surface area contributed by atoms with E-state index >= 15 is 0 Å². The molecule has 0 spiro atoms. The Morgan fingerprint density at radius 3 is 2.67 bits per heavy atom. The van der Waals surface area contributed by atoms with Crippen LogP contribution in [0.25, 0.3) is 0 Å². The van der Waals surface area contributed by atoms with Gasteiger partial charge < -0.3 is 10.1 Å². The molecule has 0 aliphatic heterocycles. The van der Waals surface area contributed by atoms with E-state index < -0.39 is 0 Å². The summed E-state index contributed by atoms with van der Waals surface area (Å²) in [5.74, 6) is 6.86. The molecule has 15 heavy (non-hydrogen) atoms. The van der Waals surface area contributed by atoms with Gasteiger partial charge in [-0.05, 0) is 38.6 Å². The average Bonchev–Trinajstić information content (AvgIpc) is 3.03. The van der Waals surface area contributed by atoms with Gasteiger partial charge in [0.2, 0.25) is 0 Å². The monoisotopic (exact) mass is 209 g/mol. The van der Waals surface area contributed by atoms with Gasteiger partial charge in [-0.15, -0.1) is 11.8 Å². The smallest absolute Gasteiger partial charge is 0.0752 e. The van der Waals surface area contributed by atoms with E-state index in [-0.39, 0.29) is 0 Å². The summed E-state index contributed by atoms with van der Waals surface area (Å²) < 4.78 is 5.61. The topological polar surface area (TPSA) is 21.3 Å². The zero-order valence-corrected chi connectivity index (χ0v) is 10.2. The number of ether oxygens (including phenoxy) is 1. The van der Waals surface area contributed by atoms with Crippen LogP contribution in [-0.2, 0) is 4.74 Å². The first-order valence-electron chi connectivity index (χ1n) is 5.99. The van der Waals surface area contributed by atoms with Gasteiger partial charge in [0.05, 0.1) is 6.10 Å². The number of methoxy groups -OCH3 is 1. The van der Waals surface area contributed by atoms with Gasteiger partial charge in [-0.1, -0.05) is 6.92 Å². The zero-order valence-electron chi connectivity index (χ0n) is 10.2. The predicted molar refractivity (Wildman–Crippen MR) is 63.7 cm³/mol. The summed E-state index contributed by atoms with van der Waals surface area (Å²) in [6, 6.07) is 0.480. The second-order valence-electron chi connectivity index (χ2n) is 4.17. The van der Waals surface area contributed by atoms with Gasteiger partial charge in [0.15, 0.2) is 0 Å². The third-order valence-corrected chi connectivity index (χ3v) is 2.98. The van der Waals surface area contributed by atoms with Gasteiger partial charge in [-0.3, -0.25) is 0 Å². The van der Waals surface area contributed by atoms with Crippen LogP contribution < -0.4 is 5.32 Å². The van der Waals surface area contributed by atoms with Crippen molar-refractivity contribution in [2.75, 3.05) is 13.7 Å². The number of rotatable bonds is 7. The molecule has 1 fully saturated rings. The molecule has 86 valence electrons. The highest BCUT2D eigenvalue weighted by molar-refractivity contribution is 4.98. The molecule has 0 heterocycles. The summed E-state index contributed by atoms with van der Waals surface area (Å²) in [6.07, 6.45) is 5.13. The molecule has 0 aromatic heterocycles. The minimum absolute atomic E-state index is 0.392. The third kappa shape index (κ3) is 4.24. The lowest BCUT2D eigenvalue weighted by molar-refractivity contribution is 0.0493. The Balaban J connectivity index is 2.40. The standard InChI is InChI=1S/C13H23NO/c1-4-6-7-8-12(14-5-2)13(15-3)11-9-10-11/h11-14H,5,7-10H2,1-3H3. The molecule has 0 aromatic rings. The molecular formula is C13H23NO. The van der Waals surface area contributed by atoms with Gasteiger partial charge >= 0.3 is 0 Å². The maximum atomic E-state index is 5.61. The molecule has 0 radical (unpaired) electrons. The molecule has 0 bridgehead atoms. The van der Waals surface area contributed by atoms with E-state index in [0.29, 0.717) is 12.1 Å². The van der Waals surface area contributed by atoms with Crippen molar-refractivity contribution in [3.8, 4) is 11.8 Å². The Bertz CT molecular complexity index is 224. The highest BCUT2D eigenvalue weighted by Crippen LogP contribution is 2.36. The normalized spacial score (nSPS) is 19.1. The van der Waals surface area contributed by atoms with Gasteiger partial charge in [0.1, 0.15) is 0 Å². The molecular weight excluding hydrogens is 186 g/mol. The number of nitrogens with one attached hydrogen (secondary N) is 1. The van der Waals surface area contributed by atoms with E-state index in [0.717, 1.165) is 25.3 Å². The molecule has 0 saturated heterocycles. The van der Waals surface area contributed by atoms with Crippen molar-refractivity contribution < 1.29 is 4.74 Å². The first-order valence-corrected chi connectivity index (χ1v) is 5.99. The number of hydrogen-bond acceptors (Lipinski definition) is 2. The van der Waals surface area contributed by atoms with E-state index in [1.165, 1.54) is 12.8 Å². The Morgan fingerprint density at radius 2 is 2.20 bits per heavy atom. The van der Waals surface area contributed by atoms with Crippen LogP contribution in [0.2, 0.25) is 0 Å². The summed E-state index contributed by atoms with van der Waals surface area (Å²) in [5, 5.41) is 3.52. The van der Waals surface area contributed by atoms with Crippen molar-refractivity contribution >= 4 is 0 Å². The quantitative estimate of drug-likeness (QED) is 0.649. The van der Waals surface area contributed by atoms with Crippen LogP contribution in [0.3, 0.4) is 0 Å². The highest BCUT2D eigenvalue weighted by Gasteiger charge is 2.35. The lowest BCUT2D eigenvalue weighted by Crippen LogP contribution is -2.42. The van der Waals surface area contributed by atoms with Crippen LogP contribution in [0.5, 0.6) is 0 Å². The van der Waals surface area contributed by atoms with E-state index in [4.69, 9.17) is 4.74 Å². The minimum Gasteiger partial charge on any atom is -0.380 e. The number of hydrogen-bond donors (Lipinski definition) is 1. The molecule has 0 aromatic carbocycles. The third-order valence-electron chi connectivity index (χ3n) is 2.98. The van der Waals surface area contributed by atoms with E-state index in [1.54, 1.807) is 0 Å². The van der Waals surface area contributed by atoms with Crippen LogP contribution in [0.1, 0.15) is 39.5 Å². The number of likely N-dealkylation sites (N-methyl/N-ethyl adjacent to an activating group) is 1. The summed E-state index contributed by atoms with van der Waals surface area (Å²) in [4.78, 5) is 0. The maximum absolute atomic E-state index is 5.61. The molecule has 1 aliphatic rings. The van der Waals surface area contributed by atoms with Crippen molar-refractivity contribution in [1.29, 1.82) is 0 Å². The molecule has 2 nitrogen and oxygen atoms in total. The van der Waals surface area contributed by atoms with Crippen molar-refractivity contribution in [3.63, 3.8) is 0 Å². The fraction of sp³-hybridized carbons (Fsp3) is 0.846. The van der Waals surface area contributed by atoms with E-state index in [9.17, 15) is 0 Å². The SMILES string of the molecule is CC#CCCC(NCC)C(OC)C1CC1. The van der Waals surface area contributed by atoms with Crippen molar-refractivity contribution in [2.24, 2.45) is 5.92 Å². The van der Waals surface area contributed by atoms with E-state index in [1.807, 2.05) is 14.0 Å². The Morgan fingerprint density at radius 1 is 1.47 bits per heavy atom. The molecule has 1 rings (SSSR count). The first-order chi connectivity index (χ1) is 7.33. The zero-order chi connectivity index (χ0) is 11.1. The van der Waals surface area contributed by atoms with Gasteiger partial charge in [-0.2, -0.15) is 0 Å². The Labute approximate surface area is 93.8 Å². The van der Waals surface area contributed by atoms with Crippen LogP contribution >= 0.6 is 0 Å². The van der Waals surface area contributed by atoms with Crippen molar-refractivity contribution in [3.05, 3.63) is 0 Å². The largest absolute Gasteiger partial charge is 0.380 e. The maximum Gasteiger partial charge on any atom is 0.0752 e. The van der Waals surface area contributed by atoms with Crippen molar-refractivity contribution in [1.82, 2.24) is 5.32 Å². The molecule has 2 unspecified atom stereocenters. The highest BCUT2D eigenvalue weighted by atomic mass is 16.5. The lowest BCUT2D eigenvalue weighted by atomic mass is 10.0.